The summed E-state index contributed by atoms with van der Waals surface area (Å²) < 4.78 is 10.5. The van der Waals surface area contributed by atoms with Gasteiger partial charge >= 0.3 is 0 Å². The Bertz CT molecular complexity index is 1460. The zero-order valence-corrected chi connectivity index (χ0v) is 21.1. The monoisotopic (exact) mass is 507 g/mol. The zero-order valence-electron chi connectivity index (χ0n) is 19.5. The number of methoxy groups -OCH3 is 2. The number of carbonyl (C=O) groups excluding carboxylic acids is 1. The minimum Gasteiger partial charge on any atom is -0.497 e. The van der Waals surface area contributed by atoms with Crippen molar-refractivity contribution < 1.29 is 14.3 Å². The van der Waals surface area contributed by atoms with Gasteiger partial charge in [-0.05, 0) is 54.5 Å². The molecule has 0 radical (unpaired) electrons. The van der Waals surface area contributed by atoms with Crippen LogP contribution in [0.4, 0.5) is 5.69 Å². The number of H-pyrrole nitrogens is 1. The van der Waals surface area contributed by atoms with Crippen LogP contribution in [0.25, 0.3) is 21.3 Å². The van der Waals surface area contributed by atoms with Crippen molar-refractivity contribution >= 4 is 44.9 Å². The first-order valence-corrected chi connectivity index (χ1v) is 13.2. The van der Waals surface area contributed by atoms with Gasteiger partial charge in [0.15, 0.2) is 5.16 Å². The van der Waals surface area contributed by atoms with E-state index < -0.39 is 0 Å². The number of hydrogen-bond acceptors (Lipinski definition) is 7. The molecule has 180 valence electrons. The Kier molecular flexibility index (Phi) is 6.79. The Morgan fingerprint density at radius 1 is 1.11 bits per heavy atom. The summed E-state index contributed by atoms with van der Waals surface area (Å²) in [7, 11) is 3.10. The first-order chi connectivity index (χ1) is 17.1. The number of aromatic nitrogens is 2. The molecular weight excluding hydrogens is 482 g/mol. The van der Waals surface area contributed by atoms with E-state index in [0.29, 0.717) is 32.6 Å². The van der Waals surface area contributed by atoms with Crippen LogP contribution in [0.1, 0.15) is 24.0 Å². The molecule has 4 aromatic rings. The van der Waals surface area contributed by atoms with Gasteiger partial charge in [0.05, 0.1) is 31.0 Å². The van der Waals surface area contributed by atoms with Gasteiger partial charge in [0.2, 0.25) is 5.91 Å². The third-order valence-corrected chi connectivity index (χ3v) is 7.85. The average Bonchev–Trinajstić information content (AvgIpc) is 3.32. The number of hydrogen-bond donors (Lipinski definition) is 2. The lowest BCUT2D eigenvalue weighted by molar-refractivity contribution is -0.113. The van der Waals surface area contributed by atoms with Gasteiger partial charge in [0.25, 0.3) is 5.56 Å². The fraction of sp³-hybridized carbons (Fsp3) is 0.269. The van der Waals surface area contributed by atoms with Crippen molar-refractivity contribution in [2.45, 2.75) is 30.8 Å². The molecule has 0 unspecified atom stereocenters. The molecule has 35 heavy (non-hydrogen) atoms. The van der Waals surface area contributed by atoms with Crippen LogP contribution in [-0.4, -0.2) is 35.8 Å². The normalized spacial score (nSPS) is 12.9. The van der Waals surface area contributed by atoms with Gasteiger partial charge < -0.3 is 19.8 Å². The summed E-state index contributed by atoms with van der Waals surface area (Å²) in [4.78, 5) is 33.6. The van der Waals surface area contributed by atoms with Gasteiger partial charge in [-0.1, -0.05) is 30.0 Å². The summed E-state index contributed by atoms with van der Waals surface area (Å²) >= 11 is 2.63. The topological polar surface area (TPSA) is 93.3 Å². The lowest BCUT2D eigenvalue weighted by Gasteiger charge is -2.16. The van der Waals surface area contributed by atoms with E-state index in [0.717, 1.165) is 24.0 Å². The van der Waals surface area contributed by atoms with E-state index in [2.05, 4.69) is 33.5 Å². The largest absolute Gasteiger partial charge is 0.497 e. The maximum Gasteiger partial charge on any atom is 0.260 e. The first kappa shape index (κ1) is 23.4. The van der Waals surface area contributed by atoms with Crippen LogP contribution in [0, 0.1) is 0 Å². The van der Waals surface area contributed by atoms with Crippen LogP contribution in [-0.2, 0) is 17.6 Å². The van der Waals surface area contributed by atoms with Gasteiger partial charge in [0, 0.05) is 17.0 Å². The molecule has 0 bridgehead atoms. The smallest absolute Gasteiger partial charge is 0.260 e. The molecule has 2 N–H and O–H groups in total. The van der Waals surface area contributed by atoms with Crippen LogP contribution < -0.4 is 20.3 Å². The van der Waals surface area contributed by atoms with Crippen LogP contribution in [0.3, 0.4) is 0 Å². The zero-order chi connectivity index (χ0) is 24.4. The van der Waals surface area contributed by atoms with Crippen molar-refractivity contribution in [2.24, 2.45) is 0 Å². The highest BCUT2D eigenvalue weighted by Crippen LogP contribution is 2.34. The van der Waals surface area contributed by atoms with E-state index in [-0.39, 0.29) is 17.2 Å². The van der Waals surface area contributed by atoms with Gasteiger partial charge in [-0.25, -0.2) is 4.98 Å². The number of aromatic amines is 1. The van der Waals surface area contributed by atoms with Crippen LogP contribution in [0.5, 0.6) is 11.5 Å². The summed E-state index contributed by atoms with van der Waals surface area (Å²) in [6, 6.07) is 11.7. The van der Waals surface area contributed by atoms with E-state index in [1.54, 1.807) is 25.3 Å². The lowest BCUT2D eigenvalue weighted by atomic mass is 9.89. The third-order valence-electron chi connectivity index (χ3n) is 6.10. The fourth-order valence-electron chi connectivity index (χ4n) is 4.33. The molecule has 1 aliphatic carbocycles. The Morgan fingerprint density at radius 3 is 2.74 bits per heavy atom. The van der Waals surface area contributed by atoms with Crippen molar-refractivity contribution in [3.8, 4) is 22.6 Å². The molecule has 1 aliphatic rings. The van der Waals surface area contributed by atoms with E-state index in [1.165, 1.54) is 54.2 Å². The summed E-state index contributed by atoms with van der Waals surface area (Å²) in [6.45, 7) is 0. The molecule has 9 heteroatoms. The van der Waals surface area contributed by atoms with Crippen molar-refractivity contribution in [2.75, 3.05) is 25.3 Å². The molecule has 0 fully saturated rings. The van der Waals surface area contributed by atoms with Crippen molar-refractivity contribution in [1.82, 2.24) is 9.97 Å². The highest BCUT2D eigenvalue weighted by molar-refractivity contribution is 7.99. The van der Waals surface area contributed by atoms with Gasteiger partial charge in [0.1, 0.15) is 16.3 Å². The number of rotatable bonds is 7. The number of thiophene rings is 1. The molecule has 0 atom stereocenters. The minimum absolute atomic E-state index is 0.0900. The predicted molar refractivity (Wildman–Crippen MR) is 141 cm³/mol. The van der Waals surface area contributed by atoms with Crippen LogP contribution in [0.2, 0.25) is 0 Å². The highest BCUT2D eigenvalue weighted by atomic mass is 32.2. The van der Waals surface area contributed by atoms with Gasteiger partial charge in [-0.15, -0.1) is 11.3 Å². The molecule has 0 aliphatic heterocycles. The second-order valence-electron chi connectivity index (χ2n) is 8.29. The number of carbonyl (C=O) groups is 1. The second kappa shape index (κ2) is 10.1. The van der Waals surface area contributed by atoms with E-state index in [1.807, 2.05) is 5.38 Å². The van der Waals surface area contributed by atoms with Crippen LogP contribution >= 0.6 is 23.1 Å². The Labute approximate surface area is 210 Å². The summed E-state index contributed by atoms with van der Waals surface area (Å²) in [6.07, 6.45) is 4.67. The number of aryl methyl sites for hydroxylation is 2. The number of nitrogens with zero attached hydrogens (tertiary/aromatic N) is 1. The molecule has 2 aromatic heterocycles. The Balaban J connectivity index is 1.32. The number of benzene rings is 2. The molecule has 2 aromatic carbocycles. The van der Waals surface area contributed by atoms with E-state index in [4.69, 9.17) is 9.47 Å². The lowest BCUT2D eigenvalue weighted by Crippen LogP contribution is -2.16. The molecule has 5 rings (SSSR count). The third kappa shape index (κ3) is 4.92. The Hall–Kier alpha value is -3.30. The maximum atomic E-state index is 13.0. The van der Waals surface area contributed by atoms with E-state index in [9.17, 15) is 9.59 Å². The number of amides is 1. The summed E-state index contributed by atoms with van der Waals surface area (Å²) in [5.41, 5.74) is 5.11. The highest BCUT2D eigenvalue weighted by Gasteiger charge is 2.17. The Morgan fingerprint density at radius 2 is 1.94 bits per heavy atom. The molecule has 0 saturated heterocycles. The second-order valence-corrected chi connectivity index (χ2v) is 10.1. The number of fused-ring (bicyclic) bond motifs is 2. The maximum absolute atomic E-state index is 13.0. The molecule has 7 nitrogen and oxygen atoms in total. The molecular formula is C26H25N3O4S2. The van der Waals surface area contributed by atoms with Gasteiger partial charge in [-0.3, -0.25) is 9.59 Å². The molecule has 1 amide bonds. The van der Waals surface area contributed by atoms with Crippen molar-refractivity contribution in [3.05, 3.63) is 63.3 Å². The minimum atomic E-state index is -0.234. The summed E-state index contributed by atoms with van der Waals surface area (Å²) in [5.74, 6) is 0.994. The van der Waals surface area contributed by atoms with Gasteiger partial charge in [-0.2, -0.15) is 0 Å². The SMILES string of the molecule is COc1ccc(NC(=O)CSc2nc3scc(-c4ccc5c(c4)CCCC5)c3c(=O)[nH]2)c(OC)c1. The predicted octanol–water partition coefficient (Wildman–Crippen LogP) is 5.28. The average molecular weight is 508 g/mol. The standard InChI is InChI=1S/C26H25N3O4S2/c1-32-18-9-10-20(21(12-18)33-2)27-22(30)14-35-26-28-24(31)23-19(13-34-25(23)29-26)17-8-7-15-5-3-4-6-16(15)11-17/h7-13H,3-6,14H2,1-2H3,(H,27,30)(H,28,29,31). The number of nitrogens with one attached hydrogen (secondary N) is 2. The number of ether oxygens (including phenoxy) is 2. The molecule has 2 heterocycles. The summed E-state index contributed by atoms with van der Waals surface area (Å²) in [5, 5.41) is 5.84. The van der Waals surface area contributed by atoms with E-state index >= 15 is 0 Å². The van der Waals surface area contributed by atoms with Crippen molar-refractivity contribution in [3.63, 3.8) is 0 Å². The quantitative estimate of drug-likeness (QED) is 0.261. The first-order valence-electron chi connectivity index (χ1n) is 11.3. The molecule has 0 saturated carbocycles. The van der Waals surface area contributed by atoms with Crippen LogP contribution in [0.15, 0.2) is 51.7 Å². The van der Waals surface area contributed by atoms with Crippen molar-refractivity contribution in [1.29, 1.82) is 0 Å². The number of anilines is 1. The fourth-order valence-corrected chi connectivity index (χ4v) is 6.00. The molecule has 0 spiro atoms. The number of thioether (sulfide) groups is 1.